The Morgan fingerprint density at radius 1 is 1.08 bits per heavy atom. The number of ether oxygens (including phenoxy) is 2. The van der Waals surface area contributed by atoms with E-state index in [0.717, 1.165) is 6.04 Å². The van der Waals surface area contributed by atoms with Crippen molar-refractivity contribution in [3.05, 3.63) is 23.8 Å². The van der Waals surface area contributed by atoms with Gasteiger partial charge in [0.25, 0.3) is 0 Å². The Labute approximate surface area is 148 Å². The third-order valence-corrected chi connectivity index (χ3v) is 5.75. The second-order valence-electron chi connectivity index (χ2n) is 8.11. The number of rotatable bonds is 7. The highest BCUT2D eigenvalue weighted by Gasteiger charge is 2.15. The average Bonchev–Trinajstić information content (AvgIpc) is 2.43. The summed E-state index contributed by atoms with van der Waals surface area (Å²) in [6.07, 6.45) is 0. The fraction of sp³-hybridized carbons (Fsp3) is 0.529. The van der Waals surface area contributed by atoms with E-state index in [2.05, 4.69) is 50.7 Å². The fourth-order valence-corrected chi connectivity index (χ4v) is 3.00. The smallest absolute Gasteiger partial charge is 0.466 e. The molecule has 0 bridgehead atoms. The van der Waals surface area contributed by atoms with Gasteiger partial charge in [0.15, 0.2) is 6.79 Å². The van der Waals surface area contributed by atoms with Crippen molar-refractivity contribution in [3.63, 3.8) is 0 Å². The van der Waals surface area contributed by atoms with Crippen molar-refractivity contribution < 1.29 is 19.5 Å². The van der Waals surface area contributed by atoms with Gasteiger partial charge in [-0.2, -0.15) is 0 Å². The molecule has 0 aliphatic rings. The van der Waals surface area contributed by atoms with Crippen LogP contribution in [0.4, 0.5) is 0 Å². The number of hydrogen-bond acceptors (Lipinski definition) is 4. The van der Waals surface area contributed by atoms with Gasteiger partial charge in [-0.25, -0.2) is 0 Å². The summed E-state index contributed by atoms with van der Waals surface area (Å²) in [4.78, 5) is 0. The molecule has 1 rings (SSSR count). The lowest BCUT2D eigenvalue weighted by Crippen LogP contribution is -2.30. The van der Waals surface area contributed by atoms with Crippen LogP contribution >= 0.6 is 0 Å². The number of benzene rings is 1. The van der Waals surface area contributed by atoms with Gasteiger partial charge in [0.1, 0.15) is 13.8 Å². The summed E-state index contributed by atoms with van der Waals surface area (Å²) in [5, 5.41) is 18.7. The van der Waals surface area contributed by atoms with Crippen LogP contribution < -0.4 is 10.2 Å². The molecule has 24 heavy (non-hydrogen) atoms. The quantitative estimate of drug-likeness (QED) is 0.337. The third kappa shape index (κ3) is 8.71. The van der Waals surface area contributed by atoms with Crippen molar-refractivity contribution >= 4 is 28.7 Å². The molecule has 0 saturated heterocycles. The Balaban J connectivity index is 2.79. The molecule has 0 saturated carbocycles. The molecule has 0 amide bonds. The van der Waals surface area contributed by atoms with Gasteiger partial charge in [-0.05, 0) is 23.6 Å². The van der Waals surface area contributed by atoms with Crippen molar-refractivity contribution in [2.75, 3.05) is 13.4 Å². The van der Waals surface area contributed by atoms with E-state index in [9.17, 15) is 10.0 Å². The Morgan fingerprint density at radius 3 is 2.29 bits per heavy atom. The van der Waals surface area contributed by atoms with Gasteiger partial charge in [-0.3, -0.25) is 0 Å². The summed E-state index contributed by atoms with van der Waals surface area (Å²) in [5.41, 5.74) is 4.34. The molecule has 1 aromatic carbocycles. The van der Waals surface area contributed by atoms with Crippen LogP contribution in [0, 0.1) is 11.5 Å². The van der Waals surface area contributed by atoms with E-state index in [1.165, 1.54) is 0 Å². The molecule has 132 valence electrons. The summed E-state index contributed by atoms with van der Waals surface area (Å²) in [6.45, 7) is 14.3. The topological polar surface area (TPSA) is 58.9 Å². The van der Waals surface area contributed by atoms with E-state index >= 15 is 0 Å². The Kier molecular flexibility index (Phi) is 7.77. The molecule has 4 nitrogen and oxygen atoms in total. The van der Waals surface area contributed by atoms with Crippen molar-refractivity contribution in [2.24, 2.45) is 0 Å². The van der Waals surface area contributed by atoms with Gasteiger partial charge in [0, 0.05) is 14.7 Å². The molecule has 0 heterocycles. The van der Waals surface area contributed by atoms with E-state index in [1.54, 1.807) is 18.2 Å². The fourth-order valence-electron chi connectivity index (χ4n) is 1.73. The first kappa shape index (κ1) is 21.0. The van der Waals surface area contributed by atoms with Crippen LogP contribution in [0.2, 0.25) is 45.3 Å². The van der Waals surface area contributed by atoms with Crippen molar-refractivity contribution in [2.45, 2.75) is 45.3 Å². The van der Waals surface area contributed by atoms with Crippen LogP contribution in [0.25, 0.3) is 0 Å². The molecule has 0 aliphatic carbocycles. The van der Waals surface area contributed by atoms with Crippen LogP contribution in [0.15, 0.2) is 18.2 Å². The lowest BCUT2D eigenvalue weighted by Gasteiger charge is -2.16. The zero-order valence-electron chi connectivity index (χ0n) is 15.6. The van der Waals surface area contributed by atoms with Crippen LogP contribution in [-0.2, 0) is 4.74 Å². The maximum absolute atomic E-state index is 9.34. The molecule has 0 spiro atoms. The van der Waals surface area contributed by atoms with Gasteiger partial charge in [0.2, 0.25) is 0 Å². The average molecular weight is 364 g/mol. The van der Waals surface area contributed by atoms with Crippen molar-refractivity contribution in [3.8, 4) is 17.2 Å². The second-order valence-corrected chi connectivity index (χ2v) is 18.5. The molecular weight excluding hydrogens is 335 g/mol. The van der Waals surface area contributed by atoms with E-state index in [4.69, 9.17) is 9.47 Å². The van der Waals surface area contributed by atoms with E-state index in [0.29, 0.717) is 23.4 Å². The predicted molar refractivity (Wildman–Crippen MR) is 106 cm³/mol. The van der Waals surface area contributed by atoms with E-state index < -0.39 is 23.3 Å². The molecule has 0 atom stereocenters. The SMILES string of the molecule is C[Si](C)(C)C#Cc1cc(B(O)O)ccc1OCOCC[Si](C)(C)C. The Hall–Kier alpha value is -1.04. The van der Waals surface area contributed by atoms with Crippen LogP contribution in [-0.4, -0.2) is 46.7 Å². The van der Waals surface area contributed by atoms with Crippen molar-refractivity contribution in [1.29, 1.82) is 0 Å². The first-order valence-electron chi connectivity index (χ1n) is 8.22. The zero-order valence-corrected chi connectivity index (χ0v) is 17.6. The van der Waals surface area contributed by atoms with Gasteiger partial charge in [-0.1, -0.05) is 51.3 Å². The van der Waals surface area contributed by atoms with E-state index in [-0.39, 0.29) is 6.79 Å². The lowest BCUT2D eigenvalue weighted by molar-refractivity contribution is 0.0219. The Morgan fingerprint density at radius 2 is 1.75 bits per heavy atom. The molecule has 0 unspecified atom stereocenters. The minimum absolute atomic E-state index is 0.174. The molecule has 0 aliphatic heterocycles. The van der Waals surface area contributed by atoms with Crippen molar-refractivity contribution in [1.82, 2.24) is 0 Å². The normalized spacial score (nSPS) is 11.7. The molecule has 0 aromatic heterocycles. The lowest BCUT2D eigenvalue weighted by atomic mass is 9.79. The second kappa shape index (κ2) is 8.88. The molecular formula is C17H29BO4Si2. The maximum Gasteiger partial charge on any atom is 0.488 e. The first-order chi connectivity index (χ1) is 11.0. The van der Waals surface area contributed by atoms with Crippen LogP contribution in [0.5, 0.6) is 5.75 Å². The standard InChI is InChI=1S/C17H29BO4Si2/c1-23(2,3)11-9-15-13-16(18(19)20)7-8-17(15)22-14-21-10-12-24(4,5)6/h7-8,13,19-20H,10,12,14H2,1-6H3. The zero-order chi connectivity index (χ0) is 18.4. The molecule has 0 radical (unpaired) electrons. The van der Waals surface area contributed by atoms with Crippen LogP contribution in [0.1, 0.15) is 5.56 Å². The van der Waals surface area contributed by atoms with Gasteiger partial charge < -0.3 is 19.5 Å². The highest BCUT2D eigenvalue weighted by molar-refractivity contribution is 6.83. The largest absolute Gasteiger partial charge is 0.488 e. The summed E-state index contributed by atoms with van der Waals surface area (Å²) >= 11 is 0. The number of hydrogen-bond donors (Lipinski definition) is 2. The Bertz CT molecular complexity index is 595. The predicted octanol–water partition coefficient (Wildman–Crippen LogP) is 2.29. The monoisotopic (exact) mass is 364 g/mol. The third-order valence-electron chi connectivity index (χ3n) is 3.17. The molecule has 7 heteroatoms. The van der Waals surface area contributed by atoms with E-state index in [1.807, 2.05) is 0 Å². The maximum atomic E-state index is 9.34. The summed E-state index contributed by atoms with van der Waals surface area (Å²) in [7, 11) is -4.16. The van der Waals surface area contributed by atoms with Gasteiger partial charge in [-0.15, -0.1) is 5.54 Å². The van der Waals surface area contributed by atoms with Crippen LogP contribution in [0.3, 0.4) is 0 Å². The highest BCUT2D eigenvalue weighted by atomic mass is 28.3. The van der Waals surface area contributed by atoms with Gasteiger partial charge in [0.05, 0.1) is 5.56 Å². The molecule has 1 aromatic rings. The van der Waals surface area contributed by atoms with Gasteiger partial charge >= 0.3 is 7.12 Å². The summed E-state index contributed by atoms with van der Waals surface area (Å²) in [6, 6.07) is 6.09. The molecule has 2 N–H and O–H groups in total. The molecule has 0 fully saturated rings. The summed E-state index contributed by atoms with van der Waals surface area (Å²) < 4.78 is 11.3. The highest BCUT2D eigenvalue weighted by Crippen LogP contribution is 2.17. The minimum Gasteiger partial charge on any atom is -0.466 e. The first-order valence-corrected chi connectivity index (χ1v) is 15.4. The minimum atomic E-state index is -1.54. The summed E-state index contributed by atoms with van der Waals surface area (Å²) in [5.74, 6) is 3.74.